The second-order valence-corrected chi connectivity index (χ2v) is 4.73. The quantitative estimate of drug-likeness (QED) is 0.861. The van der Waals surface area contributed by atoms with Crippen LogP contribution in [0.15, 0.2) is 24.5 Å². The largest absolute Gasteiger partial charge is 0.364 e. The van der Waals surface area contributed by atoms with E-state index in [1.54, 1.807) is 6.20 Å². The van der Waals surface area contributed by atoms with Gasteiger partial charge in [-0.1, -0.05) is 20.3 Å². The van der Waals surface area contributed by atoms with Crippen LogP contribution in [0.25, 0.3) is 5.65 Å². The van der Waals surface area contributed by atoms with Crippen molar-refractivity contribution in [3.63, 3.8) is 0 Å². The fourth-order valence-corrected chi connectivity index (χ4v) is 2.10. The van der Waals surface area contributed by atoms with Gasteiger partial charge in [-0.25, -0.2) is 4.98 Å². The Morgan fingerprint density at radius 3 is 2.94 bits per heavy atom. The minimum Gasteiger partial charge on any atom is -0.364 e. The molecule has 0 amide bonds. The molecule has 2 heterocycles. The van der Waals surface area contributed by atoms with Crippen LogP contribution < -0.4 is 5.32 Å². The highest BCUT2D eigenvalue weighted by Crippen LogP contribution is 2.23. The molecule has 4 heteroatoms. The highest BCUT2D eigenvalue weighted by molar-refractivity contribution is 5.49. The molecule has 0 bridgehead atoms. The van der Waals surface area contributed by atoms with Gasteiger partial charge in [0.25, 0.3) is 0 Å². The predicted octanol–water partition coefficient (Wildman–Crippen LogP) is 3.11. The lowest BCUT2D eigenvalue weighted by molar-refractivity contribution is 0.448. The van der Waals surface area contributed by atoms with E-state index in [9.17, 15) is 0 Å². The third kappa shape index (κ3) is 2.40. The number of nitrogens with zero attached hydrogens (tertiary/aromatic N) is 3. The van der Waals surface area contributed by atoms with Crippen LogP contribution in [0.4, 0.5) is 5.82 Å². The molecule has 4 nitrogen and oxygen atoms in total. The molecule has 0 aromatic carbocycles. The van der Waals surface area contributed by atoms with E-state index in [0.717, 1.165) is 24.3 Å². The third-order valence-electron chi connectivity index (χ3n) is 3.29. The Kier molecular flexibility index (Phi) is 3.31. The summed E-state index contributed by atoms with van der Waals surface area (Å²) in [5.74, 6) is 0.971. The van der Waals surface area contributed by atoms with E-state index >= 15 is 0 Å². The first-order valence-corrected chi connectivity index (χ1v) is 6.25. The van der Waals surface area contributed by atoms with E-state index in [0.29, 0.717) is 0 Å². The summed E-state index contributed by atoms with van der Waals surface area (Å²) >= 11 is 0. The zero-order valence-electron chi connectivity index (χ0n) is 10.8. The van der Waals surface area contributed by atoms with Gasteiger partial charge in [0, 0.05) is 11.7 Å². The lowest BCUT2D eigenvalue weighted by Crippen LogP contribution is -2.34. The van der Waals surface area contributed by atoms with E-state index in [1.165, 1.54) is 6.42 Å². The van der Waals surface area contributed by atoms with Crippen molar-refractivity contribution in [1.29, 1.82) is 0 Å². The van der Waals surface area contributed by atoms with Gasteiger partial charge in [0.2, 0.25) is 0 Å². The summed E-state index contributed by atoms with van der Waals surface area (Å²) in [6.07, 6.45) is 7.03. The standard InChI is InChI=1S/C13H20N4/c1-4-8-13(3,5-2)16-12-10-14-11-7-6-9-15-17(11)12/h6-7,9-10,16H,4-5,8H2,1-3H3. The number of aromatic nitrogens is 3. The number of rotatable bonds is 5. The molecule has 0 saturated carbocycles. The summed E-state index contributed by atoms with van der Waals surface area (Å²) in [7, 11) is 0. The van der Waals surface area contributed by atoms with Gasteiger partial charge in [-0.3, -0.25) is 0 Å². The van der Waals surface area contributed by atoms with Crippen LogP contribution in [0, 0.1) is 0 Å². The monoisotopic (exact) mass is 232 g/mol. The Morgan fingerprint density at radius 1 is 1.41 bits per heavy atom. The Morgan fingerprint density at radius 2 is 2.24 bits per heavy atom. The summed E-state index contributed by atoms with van der Waals surface area (Å²) in [4.78, 5) is 4.34. The Labute approximate surface area is 102 Å². The fraction of sp³-hybridized carbons (Fsp3) is 0.538. The lowest BCUT2D eigenvalue weighted by atomic mass is 9.93. The first-order chi connectivity index (χ1) is 8.18. The highest BCUT2D eigenvalue weighted by Gasteiger charge is 2.22. The zero-order valence-corrected chi connectivity index (χ0v) is 10.8. The highest BCUT2D eigenvalue weighted by atomic mass is 15.3. The predicted molar refractivity (Wildman–Crippen MR) is 70.2 cm³/mol. The summed E-state index contributed by atoms with van der Waals surface area (Å²) in [6.45, 7) is 6.67. The molecule has 0 radical (unpaired) electrons. The van der Waals surface area contributed by atoms with Crippen molar-refractivity contribution in [2.75, 3.05) is 5.32 Å². The lowest BCUT2D eigenvalue weighted by Gasteiger charge is -2.29. The fourth-order valence-electron chi connectivity index (χ4n) is 2.10. The maximum absolute atomic E-state index is 4.34. The summed E-state index contributed by atoms with van der Waals surface area (Å²) in [6, 6.07) is 3.86. The Hall–Kier alpha value is -1.58. The second kappa shape index (κ2) is 4.73. The number of anilines is 1. The van der Waals surface area contributed by atoms with Gasteiger partial charge in [0.05, 0.1) is 6.20 Å². The van der Waals surface area contributed by atoms with Crippen molar-refractivity contribution in [1.82, 2.24) is 14.6 Å². The summed E-state index contributed by atoms with van der Waals surface area (Å²) in [5, 5.41) is 7.88. The first kappa shape index (κ1) is 11.9. The van der Waals surface area contributed by atoms with Gasteiger partial charge in [-0.05, 0) is 31.9 Å². The van der Waals surface area contributed by atoms with Crippen LogP contribution in [0.3, 0.4) is 0 Å². The number of hydrogen-bond acceptors (Lipinski definition) is 3. The maximum atomic E-state index is 4.34. The molecule has 2 aromatic heterocycles. The third-order valence-corrected chi connectivity index (χ3v) is 3.29. The van der Waals surface area contributed by atoms with Crippen LogP contribution in [0.2, 0.25) is 0 Å². The second-order valence-electron chi connectivity index (χ2n) is 4.73. The smallest absolute Gasteiger partial charge is 0.155 e. The minimum absolute atomic E-state index is 0.113. The van der Waals surface area contributed by atoms with Gasteiger partial charge in [-0.15, -0.1) is 0 Å². The van der Waals surface area contributed by atoms with Gasteiger partial charge in [0.1, 0.15) is 5.82 Å². The van der Waals surface area contributed by atoms with Crippen LogP contribution in [-0.2, 0) is 0 Å². The number of imidazole rings is 1. The molecule has 1 unspecified atom stereocenters. The Balaban J connectivity index is 2.28. The van der Waals surface area contributed by atoms with Crippen molar-refractivity contribution < 1.29 is 0 Å². The molecule has 2 aromatic rings. The SMILES string of the molecule is CCCC(C)(CC)Nc1cnc2cccnn12. The molecule has 1 N–H and O–H groups in total. The topological polar surface area (TPSA) is 42.2 Å². The number of nitrogens with one attached hydrogen (secondary N) is 1. The van der Waals surface area contributed by atoms with Crippen molar-refractivity contribution in [2.45, 2.75) is 45.6 Å². The maximum Gasteiger partial charge on any atom is 0.155 e. The summed E-state index contributed by atoms with van der Waals surface area (Å²) < 4.78 is 1.85. The van der Waals surface area contributed by atoms with E-state index in [2.05, 4.69) is 36.2 Å². The van der Waals surface area contributed by atoms with Gasteiger partial charge < -0.3 is 5.32 Å². The van der Waals surface area contributed by atoms with E-state index < -0.39 is 0 Å². The van der Waals surface area contributed by atoms with Crippen molar-refractivity contribution in [2.24, 2.45) is 0 Å². The van der Waals surface area contributed by atoms with E-state index in [-0.39, 0.29) is 5.54 Å². The average molecular weight is 232 g/mol. The van der Waals surface area contributed by atoms with Crippen LogP contribution >= 0.6 is 0 Å². The molecule has 2 rings (SSSR count). The summed E-state index contributed by atoms with van der Waals surface area (Å²) in [5.41, 5.74) is 0.993. The normalized spacial score (nSPS) is 14.8. The van der Waals surface area contributed by atoms with Gasteiger partial charge in [-0.2, -0.15) is 9.61 Å². The zero-order chi connectivity index (χ0) is 12.3. The van der Waals surface area contributed by atoms with Crippen molar-refractivity contribution in [3.8, 4) is 0 Å². The van der Waals surface area contributed by atoms with E-state index in [4.69, 9.17) is 0 Å². The first-order valence-electron chi connectivity index (χ1n) is 6.25. The molecule has 1 atom stereocenters. The van der Waals surface area contributed by atoms with Crippen LogP contribution in [0.5, 0.6) is 0 Å². The molecule has 0 fully saturated rings. The van der Waals surface area contributed by atoms with Crippen LogP contribution in [0.1, 0.15) is 40.0 Å². The minimum atomic E-state index is 0.113. The molecule has 0 spiro atoms. The van der Waals surface area contributed by atoms with Gasteiger partial charge >= 0.3 is 0 Å². The Bertz CT molecular complexity index is 491. The van der Waals surface area contributed by atoms with Crippen molar-refractivity contribution in [3.05, 3.63) is 24.5 Å². The average Bonchev–Trinajstić information content (AvgIpc) is 2.73. The number of hydrogen-bond donors (Lipinski definition) is 1. The molecular weight excluding hydrogens is 212 g/mol. The molecule has 0 saturated heterocycles. The molecule has 0 aliphatic rings. The van der Waals surface area contributed by atoms with Crippen molar-refractivity contribution >= 4 is 11.5 Å². The molecule has 0 aliphatic heterocycles. The number of fused-ring (bicyclic) bond motifs is 1. The van der Waals surface area contributed by atoms with Crippen LogP contribution in [-0.4, -0.2) is 20.1 Å². The molecule has 17 heavy (non-hydrogen) atoms. The molecular formula is C13H20N4. The molecule has 92 valence electrons. The van der Waals surface area contributed by atoms with Gasteiger partial charge in [0.15, 0.2) is 5.65 Å². The molecule has 0 aliphatic carbocycles. The van der Waals surface area contributed by atoms with E-state index in [1.807, 2.05) is 22.8 Å².